The molecule has 1 heterocycles. The van der Waals surface area contributed by atoms with Gasteiger partial charge < -0.3 is 35.1 Å². The van der Waals surface area contributed by atoms with E-state index in [2.05, 4.69) is 15.4 Å². The highest BCUT2D eigenvalue weighted by Crippen LogP contribution is 2.33. The van der Waals surface area contributed by atoms with Gasteiger partial charge in [0.2, 0.25) is 0 Å². The average Bonchev–Trinajstić information content (AvgIpc) is 3.36. The van der Waals surface area contributed by atoms with E-state index in [1.165, 1.54) is 11.8 Å². The molecule has 0 radical (unpaired) electrons. The van der Waals surface area contributed by atoms with Crippen molar-refractivity contribution in [3.05, 3.63) is 94.2 Å². The molecule has 0 unspecified atom stereocenters. The second-order valence-electron chi connectivity index (χ2n) is 8.74. The number of carboxylic acid groups (broad SMARTS) is 1. The van der Waals surface area contributed by atoms with Gasteiger partial charge in [0.25, 0.3) is 5.97 Å². The second kappa shape index (κ2) is 14.9. The molecule has 42 heavy (non-hydrogen) atoms. The van der Waals surface area contributed by atoms with Gasteiger partial charge >= 0.3 is 5.69 Å². The van der Waals surface area contributed by atoms with Crippen LogP contribution in [-0.2, 0) is 9.53 Å². The number of ether oxygens (including phenoxy) is 4. The van der Waals surface area contributed by atoms with Gasteiger partial charge in [-0.05, 0) is 54.1 Å². The average molecular weight is 579 g/mol. The molecule has 6 N–H and O–H groups in total. The van der Waals surface area contributed by atoms with Crippen molar-refractivity contribution in [2.75, 3.05) is 39.9 Å². The fourth-order valence-corrected chi connectivity index (χ4v) is 3.88. The van der Waals surface area contributed by atoms with Crippen molar-refractivity contribution >= 4 is 17.5 Å². The number of nitrogens with zero attached hydrogens (tertiary/aromatic N) is 2. The summed E-state index contributed by atoms with van der Waals surface area (Å²) in [5.41, 5.74) is 7.77. The lowest BCUT2D eigenvalue weighted by atomic mass is 10.0. The first kappa shape index (κ1) is 31.2. The Morgan fingerprint density at radius 1 is 1.02 bits per heavy atom. The number of amidine groups is 1. The lowest BCUT2D eigenvalue weighted by Crippen LogP contribution is -2.16. The fourth-order valence-electron chi connectivity index (χ4n) is 3.88. The van der Waals surface area contributed by atoms with E-state index in [0.29, 0.717) is 47.5 Å². The monoisotopic (exact) mass is 578 g/mol. The number of aliphatic carboxylic acids is 1. The Labute approximate surface area is 242 Å². The van der Waals surface area contributed by atoms with Crippen LogP contribution >= 0.6 is 0 Å². The number of aromatic nitrogens is 3. The third-order valence-corrected chi connectivity index (χ3v) is 5.79. The largest absolute Gasteiger partial charge is 0.494 e. The number of anilines is 1. The summed E-state index contributed by atoms with van der Waals surface area (Å²) < 4.78 is 23.1. The van der Waals surface area contributed by atoms with Crippen LogP contribution in [0, 0.1) is 5.41 Å². The maximum atomic E-state index is 13.0. The molecule has 1 atom stereocenters. The number of nitrogens with two attached hydrogens (primary N) is 1. The van der Waals surface area contributed by atoms with E-state index in [1.54, 1.807) is 62.8 Å². The van der Waals surface area contributed by atoms with E-state index in [9.17, 15) is 4.79 Å². The van der Waals surface area contributed by atoms with E-state index in [0.717, 1.165) is 18.2 Å². The van der Waals surface area contributed by atoms with Crippen molar-refractivity contribution in [2.24, 2.45) is 5.73 Å². The number of hydrogen-bond donors (Lipinski definition) is 5. The molecule has 1 aromatic heterocycles. The van der Waals surface area contributed by atoms with Gasteiger partial charge in [0.1, 0.15) is 29.9 Å². The Balaban J connectivity index is 0.00000114. The van der Waals surface area contributed by atoms with Crippen LogP contribution in [0.25, 0.3) is 5.69 Å². The Morgan fingerprint density at radius 3 is 2.31 bits per heavy atom. The van der Waals surface area contributed by atoms with Gasteiger partial charge in [0, 0.05) is 25.3 Å². The number of hydrogen-bond acceptors (Lipinski definition) is 9. The van der Waals surface area contributed by atoms with E-state index in [4.69, 9.17) is 40.0 Å². The summed E-state index contributed by atoms with van der Waals surface area (Å²) in [6.07, 6.45) is 0. The maximum Gasteiger partial charge on any atom is 0.348 e. The summed E-state index contributed by atoms with van der Waals surface area (Å²) in [7, 11) is 4.70. The zero-order valence-corrected chi connectivity index (χ0v) is 23.7. The molecular weight excluding hydrogens is 544 g/mol. The molecular formula is C29H34N6O7. The third-order valence-electron chi connectivity index (χ3n) is 5.79. The van der Waals surface area contributed by atoms with Crippen LogP contribution in [0.3, 0.4) is 0 Å². The highest BCUT2D eigenvalue weighted by atomic mass is 16.5. The molecule has 0 amide bonds. The third kappa shape index (κ3) is 8.11. The van der Waals surface area contributed by atoms with Crippen molar-refractivity contribution in [1.82, 2.24) is 14.8 Å². The molecule has 4 aromatic rings. The quantitative estimate of drug-likeness (QED) is 0.0949. The number of para-hydroxylation sites is 2. The predicted octanol–water partition coefficient (Wildman–Crippen LogP) is 3.18. The summed E-state index contributed by atoms with van der Waals surface area (Å²) >= 11 is 0. The molecule has 0 spiro atoms. The number of rotatable bonds is 12. The van der Waals surface area contributed by atoms with E-state index < -0.39 is 17.7 Å². The fraction of sp³-hybridized carbons (Fsp3) is 0.241. The van der Waals surface area contributed by atoms with E-state index >= 15 is 0 Å². The van der Waals surface area contributed by atoms with Crippen LogP contribution < -0.4 is 31.0 Å². The van der Waals surface area contributed by atoms with Gasteiger partial charge in [0.15, 0.2) is 17.3 Å². The smallest absolute Gasteiger partial charge is 0.348 e. The number of methoxy groups -OCH3 is 3. The molecule has 13 heteroatoms. The molecule has 4 rings (SSSR count). The van der Waals surface area contributed by atoms with Crippen LogP contribution in [0.15, 0.2) is 71.5 Å². The molecule has 0 aliphatic heterocycles. The number of carbonyl (C=O) groups is 1. The van der Waals surface area contributed by atoms with Crippen LogP contribution in [-0.4, -0.2) is 66.2 Å². The zero-order chi connectivity index (χ0) is 30.6. The summed E-state index contributed by atoms with van der Waals surface area (Å²) in [6, 6.07) is 19.1. The summed E-state index contributed by atoms with van der Waals surface area (Å²) in [4.78, 5) is 24.9. The first-order valence-corrected chi connectivity index (χ1v) is 12.7. The van der Waals surface area contributed by atoms with Crippen LogP contribution in [0.1, 0.15) is 29.9 Å². The maximum absolute atomic E-state index is 13.0. The first-order valence-electron chi connectivity index (χ1n) is 12.7. The highest BCUT2D eigenvalue weighted by Gasteiger charge is 2.23. The standard InChI is InChI=1S/C27H30N6O5.C2H4O2/c1-35-14-15-38-22-13-10-18(16-23(22)37-3)24(30-19-11-8-17(9-12-19)25(28)29)26-31-27(34)33(32-26)20-6-4-5-7-21(20)36-2;1-2(3)4/h4-13,16,24,30H,14-15H2,1-3H3,(H3,28,29)(H,31,32,34);1H3,(H,3,4)/t24-;/m0./s1. The Morgan fingerprint density at radius 2 is 1.69 bits per heavy atom. The molecule has 0 saturated carbocycles. The molecule has 0 saturated heterocycles. The number of H-pyrrole nitrogens is 1. The van der Waals surface area contributed by atoms with Gasteiger partial charge in [-0.15, -0.1) is 5.10 Å². The summed E-state index contributed by atoms with van der Waals surface area (Å²) in [6.45, 7) is 1.89. The van der Waals surface area contributed by atoms with Crippen molar-refractivity contribution in [1.29, 1.82) is 5.41 Å². The van der Waals surface area contributed by atoms with E-state index in [1.807, 2.05) is 18.2 Å². The summed E-state index contributed by atoms with van der Waals surface area (Å²) in [5, 5.41) is 23.1. The lowest BCUT2D eigenvalue weighted by Gasteiger charge is -2.20. The predicted molar refractivity (Wildman–Crippen MR) is 157 cm³/mol. The molecule has 0 fully saturated rings. The molecule has 0 aliphatic rings. The van der Waals surface area contributed by atoms with Gasteiger partial charge in [-0.2, -0.15) is 4.68 Å². The summed E-state index contributed by atoms with van der Waals surface area (Å²) in [5.74, 6) is 1.10. The van der Waals surface area contributed by atoms with Crippen LogP contribution in [0.2, 0.25) is 0 Å². The Kier molecular flexibility index (Phi) is 11.1. The van der Waals surface area contributed by atoms with Crippen molar-refractivity contribution in [2.45, 2.75) is 13.0 Å². The first-order chi connectivity index (χ1) is 20.2. The normalized spacial score (nSPS) is 11.0. The zero-order valence-electron chi connectivity index (χ0n) is 23.7. The van der Waals surface area contributed by atoms with Crippen LogP contribution in [0.5, 0.6) is 17.2 Å². The van der Waals surface area contributed by atoms with Crippen LogP contribution in [0.4, 0.5) is 5.69 Å². The number of carboxylic acids is 1. The van der Waals surface area contributed by atoms with Gasteiger partial charge in [-0.3, -0.25) is 15.2 Å². The van der Waals surface area contributed by atoms with Gasteiger partial charge in [-0.25, -0.2) is 4.79 Å². The minimum Gasteiger partial charge on any atom is -0.494 e. The number of aromatic amines is 1. The SMILES string of the molecule is CC(=O)O.COCCOc1ccc([C@H](Nc2ccc(C(=N)N)cc2)c2nn(-c3ccccc3OC)c(=O)[nH]2)cc1OC. The minimum atomic E-state index is -0.833. The number of benzene rings is 3. The Hall–Kier alpha value is -5.30. The molecule has 3 aromatic carbocycles. The number of nitrogen functional groups attached to an aromatic ring is 1. The van der Waals surface area contributed by atoms with Crippen molar-refractivity contribution in [3.8, 4) is 22.9 Å². The minimum absolute atomic E-state index is 0.0261. The molecule has 0 aliphatic carbocycles. The highest BCUT2D eigenvalue weighted by molar-refractivity contribution is 5.95. The number of nitrogens with one attached hydrogen (secondary N) is 3. The molecule has 0 bridgehead atoms. The lowest BCUT2D eigenvalue weighted by molar-refractivity contribution is -0.134. The second-order valence-corrected chi connectivity index (χ2v) is 8.74. The van der Waals surface area contributed by atoms with Crippen molar-refractivity contribution < 1.29 is 28.8 Å². The van der Waals surface area contributed by atoms with E-state index in [-0.39, 0.29) is 5.84 Å². The molecule has 13 nitrogen and oxygen atoms in total. The Bertz CT molecular complexity index is 1540. The molecule has 222 valence electrons. The van der Waals surface area contributed by atoms with Gasteiger partial charge in [0.05, 0.1) is 20.8 Å². The van der Waals surface area contributed by atoms with Crippen molar-refractivity contribution in [3.63, 3.8) is 0 Å². The topological polar surface area (TPSA) is 187 Å². The van der Waals surface area contributed by atoms with Gasteiger partial charge in [-0.1, -0.05) is 18.2 Å².